The lowest BCUT2D eigenvalue weighted by molar-refractivity contribution is 0.102. The first-order chi connectivity index (χ1) is 12.2. The Bertz CT molecular complexity index is 849. The fourth-order valence-corrected chi connectivity index (χ4v) is 2.90. The quantitative estimate of drug-likeness (QED) is 0.612. The van der Waals surface area contributed by atoms with Gasteiger partial charge in [0.25, 0.3) is 5.91 Å². The summed E-state index contributed by atoms with van der Waals surface area (Å²) in [6.45, 7) is 0.589. The summed E-state index contributed by atoms with van der Waals surface area (Å²) in [4.78, 5) is 12.4. The number of halogens is 1. The van der Waals surface area contributed by atoms with Gasteiger partial charge in [0.05, 0.1) is 12.2 Å². The zero-order valence-electron chi connectivity index (χ0n) is 13.6. The number of benzene rings is 3. The number of ether oxygens (including phenoxy) is 1. The summed E-state index contributed by atoms with van der Waals surface area (Å²) in [5.74, 6) is 0.578. The molecule has 3 nitrogen and oxygen atoms in total. The number of hydrogen-bond donors (Lipinski definition) is 1. The molecule has 0 aliphatic rings. The Hall–Kier alpha value is -2.59. The lowest BCUT2D eigenvalue weighted by Crippen LogP contribution is -2.12. The second-order valence-corrected chi connectivity index (χ2v) is 6.40. The molecule has 1 amide bonds. The van der Waals surface area contributed by atoms with Crippen molar-refractivity contribution in [3.05, 3.63) is 94.5 Å². The van der Waals surface area contributed by atoms with E-state index in [-0.39, 0.29) is 5.91 Å². The van der Waals surface area contributed by atoms with E-state index in [2.05, 4.69) is 33.4 Å². The average molecular weight is 396 g/mol. The van der Waals surface area contributed by atoms with E-state index in [1.54, 1.807) is 6.07 Å². The standard InChI is InChI=1S/C21H18BrNO2/c22-20-12-5-4-11-19(20)21(24)23-17-9-6-10-18(15-17)25-14-13-16-7-2-1-3-8-16/h1-12,15H,13-14H2,(H,23,24). The van der Waals surface area contributed by atoms with Crippen LogP contribution in [0.5, 0.6) is 5.75 Å². The summed E-state index contributed by atoms with van der Waals surface area (Å²) in [7, 11) is 0. The van der Waals surface area contributed by atoms with Crippen LogP contribution in [0, 0.1) is 0 Å². The molecular weight excluding hydrogens is 378 g/mol. The predicted molar refractivity (Wildman–Crippen MR) is 104 cm³/mol. The smallest absolute Gasteiger partial charge is 0.256 e. The first kappa shape index (κ1) is 17.2. The first-order valence-electron chi connectivity index (χ1n) is 8.05. The van der Waals surface area contributed by atoms with Gasteiger partial charge in [-0.05, 0) is 45.8 Å². The van der Waals surface area contributed by atoms with Crippen molar-refractivity contribution < 1.29 is 9.53 Å². The van der Waals surface area contributed by atoms with Crippen LogP contribution in [0.2, 0.25) is 0 Å². The largest absolute Gasteiger partial charge is 0.493 e. The van der Waals surface area contributed by atoms with Crippen LogP contribution in [0.4, 0.5) is 5.69 Å². The van der Waals surface area contributed by atoms with Gasteiger partial charge < -0.3 is 10.1 Å². The van der Waals surface area contributed by atoms with Crippen molar-refractivity contribution in [3.63, 3.8) is 0 Å². The number of anilines is 1. The summed E-state index contributed by atoms with van der Waals surface area (Å²) >= 11 is 3.40. The predicted octanol–water partition coefficient (Wildman–Crippen LogP) is 5.32. The maximum atomic E-state index is 12.4. The zero-order chi connectivity index (χ0) is 17.5. The number of carbonyl (C=O) groups excluding carboxylic acids is 1. The van der Waals surface area contributed by atoms with E-state index < -0.39 is 0 Å². The van der Waals surface area contributed by atoms with Crippen LogP contribution in [-0.2, 0) is 6.42 Å². The normalized spacial score (nSPS) is 10.3. The molecule has 0 bridgehead atoms. The molecule has 4 heteroatoms. The highest BCUT2D eigenvalue weighted by Gasteiger charge is 2.09. The number of hydrogen-bond acceptors (Lipinski definition) is 2. The molecule has 0 atom stereocenters. The molecule has 0 fully saturated rings. The van der Waals surface area contributed by atoms with Crippen molar-refractivity contribution >= 4 is 27.5 Å². The molecule has 0 saturated heterocycles. The minimum atomic E-state index is -0.158. The van der Waals surface area contributed by atoms with Gasteiger partial charge in [0.2, 0.25) is 0 Å². The Morgan fingerprint density at radius 1 is 0.920 bits per heavy atom. The van der Waals surface area contributed by atoms with Gasteiger partial charge in [0.15, 0.2) is 0 Å². The van der Waals surface area contributed by atoms with E-state index in [1.807, 2.05) is 60.7 Å². The van der Waals surface area contributed by atoms with Gasteiger partial charge in [-0.3, -0.25) is 4.79 Å². The van der Waals surface area contributed by atoms with Gasteiger partial charge in [-0.2, -0.15) is 0 Å². The van der Waals surface area contributed by atoms with Gasteiger partial charge >= 0.3 is 0 Å². The van der Waals surface area contributed by atoms with E-state index in [0.29, 0.717) is 17.9 Å². The van der Waals surface area contributed by atoms with Crippen molar-refractivity contribution in [1.29, 1.82) is 0 Å². The number of rotatable bonds is 6. The molecule has 3 aromatic carbocycles. The van der Waals surface area contributed by atoms with Crippen LogP contribution < -0.4 is 10.1 Å². The Balaban J connectivity index is 1.59. The molecule has 0 unspecified atom stereocenters. The third kappa shape index (κ3) is 4.94. The fourth-order valence-electron chi connectivity index (χ4n) is 2.44. The molecule has 0 aliphatic heterocycles. The van der Waals surface area contributed by atoms with Gasteiger partial charge in [-0.1, -0.05) is 48.5 Å². The van der Waals surface area contributed by atoms with E-state index in [1.165, 1.54) is 5.56 Å². The van der Waals surface area contributed by atoms with Crippen molar-refractivity contribution in [1.82, 2.24) is 0 Å². The summed E-state index contributed by atoms with van der Waals surface area (Å²) in [5.41, 5.74) is 2.54. The fraction of sp³-hybridized carbons (Fsp3) is 0.0952. The topological polar surface area (TPSA) is 38.3 Å². The summed E-state index contributed by atoms with van der Waals surface area (Å²) in [6.07, 6.45) is 0.842. The minimum Gasteiger partial charge on any atom is -0.493 e. The molecular formula is C21H18BrNO2. The van der Waals surface area contributed by atoms with Crippen molar-refractivity contribution in [2.45, 2.75) is 6.42 Å². The maximum absolute atomic E-state index is 12.4. The van der Waals surface area contributed by atoms with E-state index >= 15 is 0 Å². The van der Waals surface area contributed by atoms with E-state index in [0.717, 1.165) is 16.6 Å². The molecule has 0 aliphatic carbocycles. The molecule has 0 saturated carbocycles. The second-order valence-electron chi connectivity index (χ2n) is 5.55. The highest BCUT2D eigenvalue weighted by atomic mass is 79.9. The first-order valence-corrected chi connectivity index (χ1v) is 8.84. The molecule has 3 aromatic rings. The van der Waals surface area contributed by atoms with Gasteiger partial charge in [-0.15, -0.1) is 0 Å². The van der Waals surface area contributed by atoms with E-state index in [4.69, 9.17) is 4.74 Å². The van der Waals surface area contributed by atoms with Gasteiger partial charge in [0, 0.05) is 22.6 Å². The average Bonchev–Trinajstić information content (AvgIpc) is 2.63. The summed E-state index contributed by atoms with van der Waals surface area (Å²) < 4.78 is 6.57. The molecule has 0 heterocycles. The Morgan fingerprint density at radius 2 is 1.68 bits per heavy atom. The zero-order valence-corrected chi connectivity index (χ0v) is 15.2. The second kappa shape index (κ2) is 8.49. The SMILES string of the molecule is O=C(Nc1cccc(OCCc2ccccc2)c1)c1ccccc1Br. The molecule has 126 valence electrons. The number of amides is 1. The van der Waals surface area contributed by atoms with Crippen LogP contribution in [0.1, 0.15) is 15.9 Å². The third-order valence-corrected chi connectivity index (χ3v) is 4.40. The Morgan fingerprint density at radius 3 is 2.48 bits per heavy atom. The summed E-state index contributed by atoms with van der Waals surface area (Å²) in [5, 5.41) is 2.90. The van der Waals surface area contributed by atoms with Crippen LogP contribution in [0.15, 0.2) is 83.3 Å². The van der Waals surface area contributed by atoms with E-state index in [9.17, 15) is 4.79 Å². The van der Waals surface area contributed by atoms with Gasteiger partial charge in [0.1, 0.15) is 5.75 Å². The van der Waals surface area contributed by atoms with Gasteiger partial charge in [-0.25, -0.2) is 0 Å². The molecule has 0 spiro atoms. The van der Waals surface area contributed by atoms with Crippen LogP contribution in [0.3, 0.4) is 0 Å². The minimum absolute atomic E-state index is 0.158. The highest BCUT2D eigenvalue weighted by Crippen LogP contribution is 2.21. The van der Waals surface area contributed by atoms with Crippen molar-refractivity contribution in [3.8, 4) is 5.75 Å². The molecule has 0 radical (unpaired) electrons. The lowest BCUT2D eigenvalue weighted by atomic mass is 10.2. The number of nitrogens with one attached hydrogen (secondary N) is 1. The third-order valence-electron chi connectivity index (χ3n) is 3.71. The lowest BCUT2D eigenvalue weighted by Gasteiger charge is -2.10. The van der Waals surface area contributed by atoms with Crippen molar-refractivity contribution in [2.24, 2.45) is 0 Å². The molecule has 25 heavy (non-hydrogen) atoms. The summed E-state index contributed by atoms with van der Waals surface area (Å²) in [6, 6.07) is 25.0. The molecule has 1 N–H and O–H groups in total. The highest BCUT2D eigenvalue weighted by molar-refractivity contribution is 9.10. The molecule has 0 aromatic heterocycles. The Labute approximate surface area is 155 Å². The van der Waals surface area contributed by atoms with Crippen LogP contribution in [-0.4, -0.2) is 12.5 Å². The Kier molecular flexibility index (Phi) is 5.86. The maximum Gasteiger partial charge on any atom is 0.256 e. The van der Waals surface area contributed by atoms with Crippen LogP contribution >= 0.6 is 15.9 Å². The monoisotopic (exact) mass is 395 g/mol. The van der Waals surface area contributed by atoms with Crippen molar-refractivity contribution in [2.75, 3.05) is 11.9 Å². The van der Waals surface area contributed by atoms with Crippen LogP contribution in [0.25, 0.3) is 0 Å². The number of carbonyl (C=O) groups is 1. The molecule has 3 rings (SSSR count).